The minimum atomic E-state index is -1.26. The van der Waals surface area contributed by atoms with Crippen molar-refractivity contribution in [1.82, 2.24) is 14.5 Å². The summed E-state index contributed by atoms with van der Waals surface area (Å²) in [5.41, 5.74) is 4.51. The standard InChI is InChI=1S/C30H35BrN6O3SSi/c1-20(38)33-26-18-22(13-14-32-26)28-27(36-30(41-2)37(28)19-40-15-16-42(3,4)5)21-7-6-8-25(17-21)35-29(39)34-24-11-9-23(31)10-12-24/h6-14,17-18H,15-16,19H2,1-5H3,(H,32,33,38)(H2,34,35,39). The fourth-order valence-corrected chi connectivity index (χ4v) is 5.70. The van der Waals surface area contributed by atoms with Crippen molar-refractivity contribution in [3.8, 4) is 22.5 Å². The van der Waals surface area contributed by atoms with E-state index >= 15 is 0 Å². The molecule has 3 amide bonds. The van der Waals surface area contributed by atoms with Gasteiger partial charge in [-0.25, -0.2) is 14.8 Å². The van der Waals surface area contributed by atoms with Crippen LogP contribution in [-0.2, 0) is 16.3 Å². The summed E-state index contributed by atoms with van der Waals surface area (Å²) in [6, 6.07) is 19.3. The third-order valence-corrected chi connectivity index (χ3v) is 9.07. The van der Waals surface area contributed by atoms with Crippen LogP contribution in [0.15, 0.2) is 76.5 Å². The van der Waals surface area contributed by atoms with Crippen molar-refractivity contribution in [3.63, 3.8) is 0 Å². The van der Waals surface area contributed by atoms with Gasteiger partial charge in [-0.2, -0.15) is 0 Å². The first-order valence-electron chi connectivity index (χ1n) is 13.4. The fourth-order valence-electron chi connectivity index (χ4n) is 4.13. The van der Waals surface area contributed by atoms with Crippen molar-refractivity contribution in [2.24, 2.45) is 0 Å². The van der Waals surface area contributed by atoms with Gasteiger partial charge in [0, 0.05) is 54.8 Å². The number of anilines is 3. The van der Waals surface area contributed by atoms with Crippen LogP contribution in [0.25, 0.3) is 22.5 Å². The molecule has 0 bridgehead atoms. The molecule has 3 N–H and O–H groups in total. The number of carbonyl (C=O) groups is 2. The Morgan fingerprint density at radius 3 is 2.40 bits per heavy atom. The van der Waals surface area contributed by atoms with E-state index in [4.69, 9.17) is 9.72 Å². The topological polar surface area (TPSA) is 110 Å². The predicted octanol–water partition coefficient (Wildman–Crippen LogP) is 8.01. The first kappa shape index (κ1) is 31.5. The molecular weight excluding hydrogens is 632 g/mol. The first-order chi connectivity index (χ1) is 20.0. The van der Waals surface area contributed by atoms with Gasteiger partial charge in [0.2, 0.25) is 5.91 Å². The van der Waals surface area contributed by atoms with E-state index in [1.165, 1.54) is 18.7 Å². The summed E-state index contributed by atoms with van der Waals surface area (Å²) in [4.78, 5) is 33.8. The Hall–Kier alpha value is -3.45. The second kappa shape index (κ2) is 14.1. The van der Waals surface area contributed by atoms with E-state index in [1.807, 2.05) is 66.9 Å². The van der Waals surface area contributed by atoms with Crippen LogP contribution in [0.1, 0.15) is 6.92 Å². The number of imidazole rings is 1. The molecule has 2 aromatic heterocycles. The third kappa shape index (κ3) is 8.77. The Labute approximate surface area is 260 Å². The van der Waals surface area contributed by atoms with Gasteiger partial charge in [-0.1, -0.05) is 59.5 Å². The van der Waals surface area contributed by atoms with Crippen molar-refractivity contribution in [1.29, 1.82) is 0 Å². The van der Waals surface area contributed by atoms with Gasteiger partial charge in [-0.15, -0.1) is 0 Å². The average Bonchev–Trinajstić information content (AvgIpc) is 3.30. The molecule has 0 fully saturated rings. The molecule has 0 aliphatic carbocycles. The minimum absolute atomic E-state index is 0.201. The number of benzene rings is 2. The Morgan fingerprint density at radius 1 is 0.976 bits per heavy atom. The maximum atomic E-state index is 12.7. The molecule has 220 valence electrons. The van der Waals surface area contributed by atoms with Crippen LogP contribution in [0.4, 0.5) is 22.0 Å². The highest BCUT2D eigenvalue weighted by Gasteiger charge is 2.22. The van der Waals surface area contributed by atoms with Gasteiger partial charge in [0.05, 0.1) is 11.4 Å². The largest absolute Gasteiger partial charge is 0.361 e. The number of nitrogens with zero attached hydrogens (tertiary/aromatic N) is 3. The van der Waals surface area contributed by atoms with Gasteiger partial charge < -0.3 is 20.7 Å². The lowest BCUT2D eigenvalue weighted by molar-refractivity contribution is -0.114. The summed E-state index contributed by atoms with van der Waals surface area (Å²) in [5.74, 6) is 0.247. The summed E-state index contributed by atoms with van der Waals surface area (Å²) in [6.45, 7) is 9.42. The van der Waals surface area contributed by atoms with E-state index in [9.17, 15) is 9.59 Å². The number of rotatable bonds is 11. The van der Waals surface area contributed by atoms with Crippen molar-refractivity contribution >= 4 is 64.9 Å². The van der Waals surface area contributed by atoms with Crippen molar-refractivity contribution in [2.45, 2.75) is 44.5 Å². The quantitative estimate of drug-likeness (QED) is 0.0850. The summed E-state index contributed by atoms with van der Waals surface area (Å²) in [5, 5.41) is 9.32. The highest BCUT2D eigenvalue weighted by Crippen LogP contribution is 2.37. The third-order valence-electron chi connectivity index (χ3n) is 6.17. The number of pyridine rings is 1. The maximum absolute atomic E-state index is 12.7. The van der Waals surface area contributed by atoms with E-state index in [2.05, 4.69) is 61.1 Å². The number of ether oxygens (including phenoxy) is 1. The number of aromatic nitrogens is 3. The van der Waals surface area contributed by atoms with Gasteiger partial charge in [-0.3, -0.25) is 9.36 Å². The summed E-state index contributed by atoms with van der Waals surface area (Å²) >= 11 is 4.93. The number of hydrogen-bond acceptors (Lipinski definition) is 6. The molecule has 0 spiro atoms. The Balaban J connectivity index is 1.69. The number of nitrogens with one attached hydrogen (secondary N) is 3. The van der Waals surface area contributed by atoms with Crippen LogP contribution in [0, 0.1) is 0 Å². The SMILES string of the molecule is CSc1nc(-c2cccc(NC(=O)Nc3ccc(Br)cc3)c2)c(-c2ccnc(NC(C)=O)c2)n1COCC[Si](C)(C)C. The summed E-state index contributed by atoms with van der Waals surface area (Å²) in [7, 11) is -1.26. The second-order valence-electron chi connectivity index (χ2n) is 10.8. The van der Waals surface area contributed by atoms with Crippen molar-refractivity contribution in [3.05, 3.63) is 71.3 Å². The smallest absolute Gasteiger partial charge is 0.323 e. The first-order valence-corrected chi connectivity index (χ1v) is 19.1. The van der Waals surface area contributed by atoms with E-state index in [-0.39, 0.29) is 11.9 Å². The van der Waals surface area contributed by atoms with E-state index in [0.717, 1.165) is 38.2 Å². The van der Waals surface area contributed by atoms with Gasteiger partial charge in [0.15, 0.2) is 5.16 Å². The highest BCUT2D eigenvalue weighted by atomic mass is 79.9. The fraction of sp³-hybridized carbons (Fsp3) is 0.267. The molecule has 4 rings (SSSR count). The van der Waals surface area contributed by atoms with Crippen LogP contribution in [0.3, 0.4) is 0 Å². The van der Waals surface area contributed by atoms with Crippen molar-refractivity contribution < 1.29 is 14.3 Å². The molecule has 0 unspecified atom stereocenters. The molecule has 42 heavy (non-hydrogen) atoms. The molecule has 0 saturated carbocycles. The lowest BCUT2D eigenvalue weighted by atomic mass is 10.0. The average molecular weight is 668 g/mol. The van der Waals surface area contributed by atoms with E-state index in [0.29, 0.717) is 30.5 Å². The zero-order valence-electron chi connectivity index (χ0n) is 24.3. The normalized spacial score (nSPS) is 11.3. The molecule has 0 atom stereocenters. The number of halogens is 1. The monoisotopic (exact) mass is 666 g/mol. The summed E-state index contributed by atoms with van der Waals surface area (Å²) < 4.78 is 9.16. The Bertz CT molecular complexity index is 1560. The minimum Gasteiger partial charge on any atom is -0.361 e. The molecule has 4 aromatic rings. The number of hydrogen-bond donors (Lipinski definition) is 3. The zero-order valence-corrected chi connectivity index (χ0v) is 27.7. The van der Waals surface area contributed by atoms with Crippen LogP contribution in [-0.4, -0.2) is 47.4 Å². The van der Waals surface area contributed by atoms with Gasteiger partial charge >= 0.3 is 6.03 Å². The van der Waals surface area contributed by atoms with Gasteiger partial charge in [-0.05, 0) is 60.8 Å². The molecule has 0 aliphatic heterocycles. The predicted molar refractivity (Wildman–Crippen MR) is 178 cm³/mol. The van der Waals surface area contributed by atoms with Gasteiger partial charge in [0.25, 0.3) is 0 Å². The number of urea groups is 1. The molecule has 9 nitrogen and oxygen atoms in total. The van der Waals surface area contributed by atoms with Gasteiger partial charge in [0.1, 0.15) is 12.5 Å². The molecule has 2 heterocycles. The van der Waals surface area contributed by atoms with Crippen LogP contribution >= 0.6 is 27.7 Å². The number of carbonyl (C=O) groups excluding carboxylic acids is 2. The summed E-state index contributed by atoms with van der Waals surface area (Å²) in [6.07, 6.45) is 3.64. The number of amides is 3. The second-order valence-corrected chi connectivity index (χ2v) is 18.2. The van der Waals surface area contributed by atoms with Crippen molar-refractivity contribution in [2.75, 3.05) is 28.8 Å². The zero-order chi connectivity index (χ0) is 30.3. The highest BCUT2D eigenvalue weighted by molar-refractivity contribution is 9.10. The molecule has 0 aliphatic rings. The van der Waals surface area contributed by atoms with Crippen LogP contribution in [0.5, 0.6) is 0 Å². The molecule has 0 radical (unpaired) electrons. The van der Waals surface area contributed by atoms with Crippen LogP contribution < -0.4 is 16.0 Å². The molecule has 2 aromatic carbocycles. The Kier molecular flexibility index (Phi) is 10.6. The molecule has 12 heteroatoms. The van der Waals surface area contributed by atoms with E-state index < -0.39 is 8.07 Å². The lowest BCUT2D eigenvalue weighted by Gasteiger charge is -2.17. The lowest BCUT2D eigenvalue weighted by Crippen LogP contribution is -2.22. The maximum Gasteiger partial charge on any atom is 0.323 e. The Morgan fingerprint density at radius 2 is 1.71 bits per heavy atom. The number of thioether (sulfide) groups is 1. The molecule has 0 saturated heterocycles. The molecular formula is C30H35BrN6O3SSi. The van der Waals surface area contributed by atoms with E-state index in [1.54, 1.807) is 6.20 Å². The van der Waals surface area contributed by atoms with Crippen LogP contribution in [0.2, 0.25) is 25.7 Å².